The number of β-amino-alcohol motifs (C(OH)–C–C–N with tert-alkyl or cyclic N) is 1. The van der Waals surface area contributed by atoms with Gasteiger partial charge in [0.25, 0.3) is 0 Å². The van der Waals surface area contributed by atoms with E-state index in [1.165, 1.54) is 6.20 Å². The number of carboxylic acid groups (broad SMARTS) is 1. The standard InChI is InChI=1S/C41H45ClN4O6/c1-27-31(7-4-8-34(27)35-9-5-10-37(28(35)2)50-16-6-14-46-15-11-33(47)24-46)26-52-39-19-38(51-25-30-17-29(20-43)21-44-22-30)32(18-36(39)42)23-45(3)41(12-13-41)40(48)49/h4-5,7-10,17-19,21-22,33,47H,6,11-16,23-26H2,1-3H3,(H,48,49). The molecule has 2 fully saturated rings. The zero-order valence-corrected chi connectivity index (χ0v) is 30.7. The minimum Gasteiger partial charge on any atom is -0.493 e. The fraction of sp³-hybridized carbons (Fsp3) is 0.390. The van der Waals surface area contributed by atoms with E-state index in [2.05, 4.69) is 41.9 Å². The maximum Gasteiger partial charge on any atom is 0.324 e. The number of likely N-dealkylation sites (tertiary alicyclic amines) is 1. The summed E-state index contributed by atoms with van der Waals surface area (Å²) in [7, 11) is 1.80. The van der Waals surface area contributed by atoms with Crippen LogP contribution >= 0.6 is 11.6 Å². The molecule has 1 unspecified atom stereocenters. The number of rotatable bonds is 16. The van der Waals surface area contributed by atoms with Crippen LogP contribution in [0.15, 0.2) is 67.0 Å². The average Bonchev–Trinajstić information content (AvgIpc) is 3.86. The summed E-state index contributed by atoms with van der Waals surface area (Å²) in [5.74, 6) is 0.957. The molecule has 3 aromatic carbocycles. The number of aliphatic hydroxyl groups is 1. The largest absolute Gasteiger partial charge is 0.493 e. The van der Waals surface area contributed by atoms with Crippen molar-refractivity contribution in [3.05, 3.63) is 105 Å². The number of hydrogen-bond acceptors (Lipinski definition) is 9. The number of halogens is 1. The van der Waals surface area contributed by atoms with E-state index in [0.717, 1.165) is 77.2 Å². The number of aromatic nitrogens is 1. The minimum atomic E-state index is -0.894. The molecule has 2 N–H and O–H groups in total. The van der Waals surface area contributed by atoms with Crippen molar-refractivity contribution in [2.45, 2.75) is 70.9 Å². The van der Waals surface area contributed by atoms with Crippen molar-refractivity contribution in [2.24, 2.45) is 0 Å². The smallest absolute Gasteiger partial charge is 0.324 e. The minimum absolute atomic E-state index is 0.149. The zero-order valence-electron chi connectivity index (χ0n) is 29.9. The van der Waals surface area contributed by atoms with E-state index in [9.17, 15) is 20.3 Å². The fourth-order valence-corrected chi connectivity index (χ4v) is 7.09. The third-order valence-corrected chi connectivity index (χ3v) is 10.5. The Morgan fingerprint density at radius 1 is 1.00 bits per heavy atom. The monoisotopic (exact) mass is 724 g/mol. The van der Waals surface area contributed by atoms with Crippen LogP contribution in [0.1, 0.15) is 59.1 Å². The van der Waals surface area contributed by atoms with Crippen LogP contribution in [0.3, 0.4) is 0 Å². The highest BCUT2D eigenvalue weighted by molar-refractivity contribution is 6.32. The van der Waals surface area contributed by atoms with Gasteiger partial charge in [0.1, 0.15) is 42.1 Å². The van der Waals surface area contributed by atoms with Gasteiger partial charge in [0, 0.05) is 55.8 Å². The molecule has 1 aliphatic carbocycles. The number of aliphatic carboxylic acids is 1. The van der Waals surface area contributed by atoms with Crippen molar-refractivity contribution in [2.75, 3.05) is 33.3 Å². The molecule has 0 radical (unpaired) electrons. The summed E-state index contributed by atoms with van der Waals surface area (Å²) in [6.45, 7) is 8.07. The van der Waals surface area contributed by atoms with E-state index >= 15 is 0 Å². The molecule has 6 rings (SSSR count). The Kier molecular flexibility index (Phi) is 11.7. The molecule has 1 aliphatic heterocycles. The Bertz CT molecular complexity index is 1960. The van der Waals surface area contributed by atoms with Crippen LogP contribution < -0.4 is 14.2 Å². The predicted molar refractivity (Wildman–Crippen MR) is 199 cm³/mol. The van der Waals surface area contributed by atoms with Gasteiger partial charge in [-0.2, -0.15) is 5.26 Å². The third-order valence-electron chi connectivity index (χ3n) is 10.2. The van der Waals surface area contributed by atoms with E-state index in [1.807, 2.05) is 29.2 Å². The molecule has 1 aromatic heterocycles. The molecular formula is C41H45ClN4O6. The SMILES string of the molecule is Cc1c(COc2cc(OCc3cncc(C#N)c3)c(CN(C)C3(C(=O)O)CC3)cc2Cl)cccc1-c1cccc(OCCCN2CCC(O)C2)c1C. The van der Waals surface area contributed by atoms with Gasteiger partial charge in [0.15, 0.2) is 0 Å². The number of aliphatic hydroxyl groups excluding tert-OH is 1. The first-order valence-corrected chi connectivity index (χ1v) is 18.0. The number of nitrogens with zero attached hydrogens (tertiary/aromatic N) is 4. The Morgan fingerprint density at radius 2 is 1.75 bits per heavy atom. The predicted octanol–water partition coefficient (Wildman–Crippen LogP) is 6.93. The average molecular weight is 725 g/mol. The lowest BCUT2D eigenvalue weighted by atomic mass is 9.93. The molecule has 0 bridgehead atoms. The second-order valence-corrected chi connectivity index (χ2v) is 14.2. The summed E-state index contributed by atoms with van der Waals surface area (Å²) in [5.41, 5.74) is 6.30. The maximum atomic E-state index is 12.0. The molecule has 1 atom stereocenters. The zero-order chi connectivity index (χ0) is 36.8. The summed E-state index contributed by atoms with van der Waals surface area (Å²) in [6, 6.07) is 19.6. The van der Waals surface area contributed by atoms with Crippen LogP contribution in [0.2, 0.25) is 5.02 Å². The fourth-order valence-electron chi connectivity index (χ4n) is 6.85. The molecule has 10 nitrogen and oxygen atoms in total. The quantitative estimate of drug-likeness (QED) is 0.117. The van der Waals surface area contributed by atoms with Gasteiger partial charge in [-0.25, -0.2) is 0 Å². The molecule has 2 aliphatic rings. The van der Waals surface area contributed by atoms with Crippen LogP contribution in [0.25, 0.3) is 11.1 Å². The highest BCUT2D eigenvalue weighted by atomic mass is 35.5. The highest BCUT2D eigenvalue weighted by Crippen LogP contribution is 2.43. The van der Waals surface area contributed by atoms with Crippen molar-refractivity contribution in [3.63, 3.8) is 0 Å². The number of nitriles is 1. The lowest BCUT2D eigenvalue weighted by Gasteiger charge is -2.26. The number of hydrogen-bond donors (Lipinski definition) is 2. The van der Waals surface area contributed by atoms with Gasteiger partial charge in [0.2, 0.25) is 0 Å². The van der Waals surface area contributed by atoms with Crippen LogP contribution in [-0.2, 0) is 24.6 Å². The lowest BCUT2D eigenvalue weighted by Crippen LogP contribution is -2.40. The maximum absolute atomic E-state index is 12.0. The van der Waals surface area contributed by atoms with Crippen molar-refractivity contribution < 1.29 is 29.2 Å². The molecule has 4 aromatic rings. The topological polar surface area (TPSA) is 128 Å². The van der Waals surface area contributed by atoms with Crippen LogP contribution in [0.4, 0.5) is 0 Å². The summed E-state index contributed by atoms with van der Waals surface area (Å²) in [6.07, 6.45) is 5.82. The van der Waals surface area contributed by atoms with Crippen molar-refractivity contribution in [1.29, 1.82) is 5.26 Å². The molecule has 2 heterocycles. The lowest BCUT2D eigenvalue weighted by molar-refractivity contribution is -0.144. The number of ether oxygens (including phenoxy) is 3. The first kappa shape index (κ1) is 37.1. The normalized spacial score (nSPS) is 16.4. The van der Waals surface area contributed by atoms with Crippen molar-refractivity contribution in [3.8, 4) is 34.4 Å². The molecule has 1 saturated heterocycles. The first-order chi connectivity index (χ1) is 25.1. The Morgan fingerprint density at radius 3 is 2.46 bits per heavy atom. The molecule has 1 saturated carbocycles. The molecule has 272 valence electrons. The van der Waals surface area contributed by atoms with Gasteiger partial charge in [-0.15, -0.1) is 0 Å². The van der Waals surface area contributed by atoms with Gasteiger partial charge in [0.05, 0.1) is 23.3 Å². The van der Waals surface area contributed by atoms with E-state index in [0.29, 0.717) is 48.1 Å². The summed E-state index contributed by atoms with van der Waals surface area (Å²) in [5, 5.41) is 29.4. The summed E-state index contributed by atoms with van der Waals surface area (Å²) < 4.78 is 18.8. The van der Waals surface area contributed by atoms with E-state index in [-0.39, 0.29) is 19.3 Å². The number of pyridine rings is 1. The Labute approximate surface area is 310 Å². The summed E-state index contributed by atoms with van der Waals surface area (Å²) >= 11 is 6.81. The van der Waals surface area contributed by atoms with Crippen LogP contribution in [-0.4, -0.2) is 75.9 Å². The van der Waals surface area contributed by atoms with Crippen molar-refractivity contribution >= 4 is 17.6 Å². The third kappa shape index (κ3) is 8.51. The molecule has 11 heteroatoms. The van der Waals surface area contributed by atoms with E-state index in [1.54, 1.807) is 31.4 Å². The molecule has 0 spiro atoms. The van der Waals surface area contributed by atoms with E-state index in [4.69, 9.17) is 25.8 Å². The van der Waals surface area contributed by atoms with Crippen molar-refractivity contribution in [1.82, 2.24) is 14.8 Å². The Balaban J connectivity index is 1.18. The number of carboxylic acids is 1. The first-order valence-electron chi connectivity index (χ1n) is 17.7. The van der Waals surface area contributed by atoms with Crippen LogP contribution in [0, 0.1) is 25.2 Å². The van der Waals surface area contributed by atoms with Gasteiger partial charge in [-0.1, -0.05) is 41.9 Å². The molecule has 52 heavy (non-hydrogen) atoms. The number of carbonyl (C=O) groups is 1. The second kappa shape index (κ2) is 16.3. The highest BCUT2D eigenvalue weighted by Gasteiger charge is 2.53. The van der Waals surface area contributed by atoms with Gasteiger partial charge >= 0.3 is 5.97 Å². The van der Waals surface area contributed by atoms with Gasteiger partial charge < -0.3 is 29.3 Å². The van der Waals surface area contributed by atoms with Gasteiger partial charge in [-0.05, 0) is 92.6 Å². The molecule has 0 amide bonds. The van der Waals surface area contributed by atoms with Crippen LogP contribution in [0.5, 0.6) is 17.2 Å². The van der Waals surface area contributed by atoms with Gasteiger partial charge in [-0.3, -0.25) is 14.7 Å². The second-order valence-electron chi connectivity index (χ2n) is 13.8. The summed E-state index contributed by atoms with van der Waals surface area (Å²) in [4.78, 5) is 20.3. The number of likely N-dealkylation sites (N-methyl/N-ethyl adjacent to an activating group) is 1. The number of benzene rings is 3. The van der Waals surface area contributed by atoms with E-state index < -0.39 is 11.5 Å². The molecular weight excluding hydrogens is 680 g/mol. The Hall–Kier alpha value is -4.66.